The Labute approximate surface area is 127 Å². The molecule has 0 heterocycles. The van der Waals surface area contributed by atoms with Gasteiger partial charge < -0.3 is 10.2 Å². The molecule has 4 rings (SSSR count). The SMILES string of the molecule is Oc1ccc2c(-c3ccc(O)c4ccccc34)cccc2c1. The molecule has 2 heteroatoms. The van der Waals surface area contributed by atoms with E-state index in [2.05, 4.69) is 6.07 Å². The van der Waals surface area contributed by atoms with E-state index in [0.29, 0.717) is 0 Å². The Hall–Kier alpha value is -3.00. The fourth-order valence-electron chi connectivity index (χ4n) is 3.02. The summed E-state index contributed by atoms with van der Waals surface area (Å²) in [5.41, 5.74) is 2.17. The summed E-state index contributed by atoms with van der Waals surface area (Å²) in [7, 11) is 0. The molecule has 0 aromatic heterocycles. The van der Waals surface area contributed by atoms with Crippen LogP contribution in [0.4, 0.5) is 0 Å². The maximum absolute atomic E-state index is 10.1. The van der Waals surface area contributed by atoms with Crippen molar-refractivity contribution in [3.05, 3.63) is 72.8 Å². The fraction of sp³-hybridized carbons (Fsp3) is 0. The summed E-state index contributed by atoms with van der Waals surface area (Å²) >= 11 is 0. The monoisotopic (exact) mass is 286 g/mol. The van der Waals surface area contributed by atoms with Crippen LogP contribution < -0.4 is 0 Å². The van der Waals surface area contributed by atoms with Crippen LogP contribution in [0.3, 0.4) is 0 Å². The number of rotatable bonds is 1. The molecule has 0 amide bonds. The largest absolute Gasteiger partial charge is 0.508 e. The Morgan fingerprint density at radius 1 is 0.545 bits per heavy atom. The molecule has 0 aliphatic rings. The third-order valence-electron chi connectivity index (χ3n) is 4.06. The summed E-state index contributed by atoms with van der Waals surface area (Å²) in [6.07, 6.45) is 0. The summed E-state index contributed by atoms with van der Waals surface area (Å²) in [6.45, 7) is 0. The highest BCUT2D eigenvalue weighted by Gasteiger charge is 2.09. The first-order valence-electron chi connectivity index (χ1n) is 7.17. The molecular formula is C20H14O2. The molecule has 0 aliphatic carbocycles. The Balaban J connectivity index is 2.10. The van der Waals surface area contributed by atoms with Gasteiger partial charge in [0.1, 0.15) is 11.5 Å². The van der Waals surface area contributed by atoms with Crippen molar-refractivity contribution >= 4 is 21.5 Å². The van der Waals surface area contributed by atoms with Gasteiger partial charge in [0.25, 0.3) is 0 Å². The molecule has 0 spiro atoms. The normalized spacial score (nSPS) is 11.1. The van der Waals surface area contributed by atoms with Crippen LogP contribution >= 0.6 is 0 Å². The number of phenols is 2. The van der Waals surface area contributed by atoms with E-state index in [4.69, 9.17) is 0 Å². The van der Waals surface area contributed by atoms with Crippen LogP contribution in [0, 0.1) is 0 Å². The van der Waals surface area contributed by atoms with Crippen LogP contribution in [0.15, 0.2) is 72.8 Å². The van der Waals surface area contributed by atoms with Crippen LogP contribution in [-0.2, 0) is 0 Å². The molecule has 4 aromatic rings. The van der Waals surface area contributed by atoms with E-state index in [1.54, 1.807) is 18.2 Å². The number of fused-ring (bicyclic) bond motifs is 2. The lowest BCUT2D eigenvalue weighted by atomic mass is 9.93. The van der Waals surface area contributed by atoms with Gasteiger partial charge in [0, 0.05) is 5.39 Å². The van der Waals surface area contributed by atoms with Crippen molar-refractivity contribution in [1.82, 2.24) is 0 Å². The van der Waals surface area contributed by atoms with E-state index in [9.17, 15) is 10.2 Å². The smallest absolute Gasteiger partial charge is 0.123 e. The second-order valence-corrected chi connectivity index (χ2v) is 5.39. The highest BCUT2D eigenvalue weighted by Crippen LogP contribution is 2.37. The lowest BCUT2D eigenvalue weighted by molar-refractivity contribution is 0.476. The molecule has 22 heavy (non-hydrogen) atoms. The zero-order valence-electron chi connectivity index (χ0n) is 11.8. The topological polar surface area (TPSA) is 40.5 Å². The van der Waals surface area contributed by atoms with Crippen molar-refractivity contribution < 1.29 is 10.2 Å². The van der Waals surface area contributed by atoms with Crippen molar-refractivity contribution in [2.75, 3.05) is 0 Å². The molecule has 2 nitrogen and oxygen atoms in total. The highest BCUT2D eigenvalue weighted by atomic mass is 16.3. The van der Waals surface area contributed by atoms with Crippen LogP contribution in [0.2, 0.25) is 0 Å². The molecule has 0 saturated carbocycles. The Bertz CT molecular complexity index is 1000. The highest BCUT2D eigenvalue weighted by molar-refractivity contribution is 6.07. The number of phenolic OH excluding ortho intramolecular Hbond substituents is 2. The molecule has 106 valence electrons. The number of aromatic hydroxyl groups is 2. The minimum Gasteiger partial charge on any atom is -0.508 e. The van der Waals surface area contributed by atoms with E-state index in [-0.39, 0.29) is 11.5 Å². The molecule has 0 radical (unpaired) electrons. The van der Waals surface area contributed by atoms with Crippen LogP contribution in [0.25, 0.3) is 32.7 Å². The fourth-order valence-corrected chi connectivity index (χ4v) is 3.02. The molecule has 0 saturated heterocycles. The minimum absolute atomic E-state index is 0.264. The van der Waals surface area contributed by atoms with Crippen molar-refractivity contribution in [3.8, 4) is 22.6 Å². The van der Waals surface area contributed by atoms with Gasteiger partial charge in [-0.05, 0) is 45.5 Å². The van der Waals surface area contributed by atoms with E-state index in [1.165, 1.54) is 0 Å². The van der Waals surface area contributed by atoms with E-state index >= 15 is 0 Å². The maximum atomic E-state index is 10.1. The van der Waals surface area contributed by atoms with Gasteiger partial charge in [0.05, 0.1) is 0 Å². The van der Waals surface area contributed by atoms with E-state index in [1.807, 2.05) is 48.5 Å². The first-order valence-corrected chi connectivity index (χ1v) is 7.17. The van der Waals surface area contributed by atoms with Crippen molar-refractivity contribution in [1.29, 1.82) is 0 Å². The van der Waals surface area contributed by atoms with Crippen molar-refractivity contribution in [2.24, 2.45) is 0 Å². The summed E-state index contributed by atoms with van der Waals surface area (Å²) in [5.74, 6) is 0.553. The Morgan fingerprint density at radius 3 is 2.18 bits per heavy atom. The molecule has 0 bridgehead atoms. The summed E-state index contributed by atoms with van der Waals surface area (Å²) in [6, 6.07) is 23.0. The van der Waals surface area contributed by atoms with Gasteiger partial charge in [-0.3, -0.25) is 0 Å². The Kier molecular flexibility index (Phi) is 2.76. The van der Waals surface area contributed by atoms with Gasteiger partial charge in [0.15, 0.2) is 0 Å². The molecule has 0 fully saturated rings. The average molecular weight is 286 g/mol. The predicted octanol–water partition coefficient (Wildman–Crippen LogP) is 5.07. The van der Waals surface area contributed by atoms with Gasteiger partial charge in [0.2, 0.25) is 0 Å². The second-order valence-electron chi connectivity index (χ2n) is 5.39. The molecule has 0 aliphatic heterocycles. The summed E-state index contributed by atoms with van der Waals surface area (Å²) in [5, 5.41) is 23.7. The summed E-state index contributed by atoms with van der Waals surface area (Å²) in [4.78, 5) is 0. The average Bonchev–Trinajstić information content (AvgIpc) is 2.55. The first kappa shape index (κ1) is 12.7. The maximum Gasteiger partial charge on any atom is 0.123 e. The molecule has 2 N–H and O–H groups in total. The van der Waals surface area contributed by atoms with Gasteiger partial charge >= 0.3 is 0 Å². The number of hydrogen-bond acceptors (Lipinski definition) is 2. The van der Waals surface area contributed by atoms with E-state index < -0.39 is 0 Å². The van der Waals surface area contributed by atoms with E-state index in [0.717, 1.165) is 32.7 Å². The lowest BCUT2D eigenvalue weighted by Crippen LogP contribution is -1.84. The Morgan fingerprint density at radius 2 is 1.32 bits per heavy atom. The van der Waals surface area contributed by atoms with Crippen LogP contribution in [0.5, 0.6) is 11.5 Å². The number of hydrogen-bond donors (Lipinski definition) is 2. The van der Waals surface area contributed by atoms with Gasteiger partial charge in [-0.1, -0.05) is 54.6 Å². The predicted molar refractivity (Wildman–Crippen MR) is 90.2 cm³/mol. The van der Waals surface area contributed by atoms with Crippen molar-refractivity contribution in [3.63, 3.8) is 0 Å². The zero-order chi connectivity index (χ0) is 15.1. The van der Waals surface area contributed by atoms with Gasteiger partial charge in [-0.2, -0.15) is 0 Å². The molecule has 0 unspecified atom stereocenters. The zero-order valence-corrected chi connectivity index (χ0v) is 11.8. The third-order valence-corrected chi connectivity index (χ3v) is 4.06. The molecular weight excluding hydrogens is 272 g/mol. The lowest BCUT2D eigenvalue weighted by Gasteiger charge is -2.11. The minimum atomic E-state index is 0.264. The quantitative estimate of drug-likeness (QED) is 0.513. The molecule has 0 atom stereocenters. The third kappa shape index (κ3) is 1.89. The van der Waals surface area contributed by atoms with Gasteiger partial charge in [-0.25, -0.2) is 0 Å². The summed E-state index contributed by atoms with van der Waals surface area (Å²) < 4.78 is 0. The second kappa shape index (κ2) is 4.78. The van der Waals surface area contributed by atoms with Crippen molar-refractivity contribution in [2.45, 2.75) is 0 Å². The first-order chi connectivity index (χ1) is 10.7. The van der Waals surface area contributed by atoms with Crippen LogP contribution in [0.1, 0.15) is 0 Å². The van der Waals surface area contributed by atoms with Gasteiger partial charge in [-0.15, -0.1) is 0 Å². The standard InChI is InChI=1S/C20H14O2/c21-14-8-9-15-13(12-14)4-3-7-16(15)18-10-11-20(22)19-6-2-1-5-17(18)19/h1-12,21-22H. The number of benzene rings is 4. The van der Waals surface area contributed by atoms with Crippen LogP contribution in [-0.4, -0.2) is 10.2 Å². The molecule has 4 aromatic carbocycles.